The fourth-order valence-corrected chi connectivity index (χ4v) is 4.47. The lowest BCUT2D eigenvalue weighted by Crippen LogP contribution is -2.24. The average Bonchev–Trinajstić information content (AvgIpc) is 3.01. The summed E-state index contributed by atoms with van der Waals surface area (Å²) in [6.07, 6.45) is 16.2. The van der Waals surface area contributed by atoms with E-state index in [2.05, 4.69) is 32.9 Å². The summed E-state index contributed by atoms with van der Waals surface area (Å²) in [5, 5.41) is 19.6. The number of aliphatic hydroxyl groups is 1. The molecule has 4 atom stereocenters. The van der Waals surface area contributed by atoms with Crippen molar-refractivity contribution in [1.29, 1.82) is 0 Å². The number of hydrogen-bond donors (Lipinski definition) is 2. The highest BCUT2D eigenvalue weighted by atomic mass is 16.5. The number of aliphatic hydroxyl groups excluding tert-OH is 1. The summed E-state index contributed by atoms with van der Waals surface area (Å²) >= 11 is 0. The molecule has 0 radical (unpaired) electrons. The minimum Gasteiger partial charge on any atom is -0.479 e. The van der Waals surface area contributed by atoms with Crippen molar-refractivity contribution < 1.29 is 19.7 Å². The molecule has 1 aliphatic carbocycles. The number of aliphatic carboxylic acids is 1. The molecule has 1 saturated carbocycles. The van der Waals surface area contributed by atoms with E-state index in [9.17, 15) is 15.0 Å². The van der Waals surface area contributed by atoms with Crippen LogP contribution in [-0.2, 0) is 9.53 Å². The van der Waals surface area contributed by atoms with E-state index in [0.29, 0.717) is 30.3 Å². The molecule has 2 N–H and O–H groups in total. The number of carbonyl (C=O) groups is 1. The van der Waals surface area contributed by atoms with E-state index in [-0.39, 0.29) is 6.10 Å². The number of rotatable bonds is 16. The molecule has 1 fully saturated rings. The summed E-state index contributed by atoms with van der Waals surface area (Å²) in [5.41, 5.74) is 0.361. The third-order valence-electron chi connectivity index (χ3n) is 6.40. The van der Waals surface area contributed by atoms with Crippen LogP contribution in [-0.4, -0.2) is 35.0 Å². The first-order valence-electron chi connectivity index (χ1n) is 12.0. The van der Waals surface area contributed by atoms with Crippen molar-refractivity contribution in [2.24, 2.45) is 17.3 Å². The van der Waals surface area contributed by atoms with Gasteiger partial charge in [0.1, 0.15) is 0 Å². The molecule has 1 aliphatic rings. The second-order valence-corrected chi connectivity index (χ2v) is 9.71. The molecule has 1 unspecified atom stereocenters. The highest BCUT2D eigenvalue weighted by Crippen LogP contribution is 2.37. The van der Waals surface area contributed by atoms with E-state index in [1.165, 1.54) is 19.3 Å². The molecule has 0 bridgehead atoms. The van der Waals surface area contributed by atoms with E-state index in [1.54, 1.807) is 0 Å². The van der Waals surface area contributed by atoms with E-state index in [0.717, 1.165) is 51.4 Å². The van der Waals surface area contributed by atoms with Crippen LogP contribution >= 0.6 is 0 Å². The van der Waals surface area contributed by atoms with Crippen LogP contribution in [0.1, 0.15) is 105 Å². The Morgan fingerprint density at radius 1 is 1.14 bits per heavy atom. The van der Waals surface area contributed by atoms with Crippen LogP contribution in [0.15, 0.2) is 12.2 Å². The van der Waals surface area contributed by atoms with Gasteiger partial charge in [-0.2, -0.15) is 0 Å². The van der Waals surface area contributed by atoms with Crippen LogP contribution < -0.4 is 0 Å². The fourth-order valence-electron chi connectivity index (χ4n) is 4.47. The summed E-state index contributed by atoms with van der Waals surface area (Å²) in [7, 11) is 0. The van der Waals surface area contributed by atoms with Crippen LogP contribution in [0.4, 0.5) is 0 Å². The van der Waals surface area contributed by atoms with Gasteiger partial charge in [-0.25, -0.2) is 4.79 Å². The number of ether oxygens (including phenoxy) is 1. The van der Waals surface area contributed by atoms with Gasteiger partial charge in [0.2, 0.25) is 0 Å². The maximum atomic E-state index is 11.2. The van der Waals surface area contributed by atoms with Crippen molar-refractivity contribution >= 4 is 5.97 Å². The number of carboxylic acid groups (broad SMARTS) is 1. The molecule has 4 heteroatoms. The molecule has 170 valence electrons. The van der Waals surface area contributed by atoms with Crippen molar-refractivity contribution in [3.63, 3.8) is 0 Å². The smallest absolute Gasteiger partial charge is 0.332 e. The van der Waals surface area contributed by atoms with Gasteiger partial charge in [-0.1, -0.05) is 72.0 Å². The topological polar surface area (TPSA) is 66.8 Å². The number of allylic oxidation sites excluding steroid dienone is 2. The Labute approximate surface area is 179 Å². The second-order valence-electron chi connectivity index (χ2n) is 9.71. The Morgan fingerprint density at radius 3 is 2.55 bits per heavy atom. The summed E-state index contributed by atoms with van der Waals surface area (Å²) in [6, 6.07) is 0. The molecule has 0 aromatic heterocycles. The van der Waals surface area contributed by atoms with Crippen molar-refractivity contribution in [1.82, 2.24) is 0 Å². The van der Waals surface area contributed by atoms with Gasteiger partial charge in [0, 0.05) is 6.61 Å². The molecule has 0 aromatic rings. The Bertz CT molecular complexity index is 471. The van der Waals surface area contributed by atoms with Gasteiger partial charge in [0.15, 0.2) is 6.10 Å². The maximum Gasteiger partial charge on any atom is 0.332 e. The van der Waals surface area contributed by atoms with Crippen LogP contribution in [0.3, 0.4) is 0 Å². The van der Waals surface area contributed by atoms with Gasteiger partial charge >= 0.3 is 5.97 Å². The van der Waals surface area contributed by atoms with Gasteiger partial charge in [-0.3, -0.25) is 0 Å². The number of hydrogen-bond acceptors (Lipinski definition) is 3. The quantitative estimate of drug-likeness (QED) is 0.229. The minimum absolute atomic E-state index is 0.183. The zero-order chi connectivity index (χ0) is 21.7. The van der Waals surface area contributed by atoms with Crippen molar-refractivity contribution in [2.75, 3.05) is 6.61 Å². The summed E-state index contributed by atoms with van der Waals surface area (Å²) in [4.78, 5) is 11.2. The summed E-state index contributed by atoms with van der Waals surface area (Å²) in [6.45, 7) is 9.44. The fraction of sp³-hybridized carbons (Fsp3) is 0.880. The zero-order valence-electron chi connectivity index (χ0n) is 19.4. The van der Waals surface area contributed by atoms with Gasteiger partial charge in [-0.05, 0) is 62.2 Å². The summed E-state index contributed by atoms with van der Waals surface area (Å²) in [5.74, 6) is -0.0000240. The standard InChI is InChI=1S/C25H46O4/c1-5-7-17-25(3,4)18-11-12-20-15-16-22(26)21(20)13-9-8-10-14-23(24(27)28)29-19-6-2/h11-12,20-23,26H,5-10,13-19H2,1-4H3,(H,27,28)/t20-,21+,22-,23?/m0/s1. The Hall–Kier alpha value is -0.870. The third kappa shape index (κ3) is 10.6. The lowest BCUT2D eigenvalue weighted by Gasteiger charge is -2.23. The molecule has 0 saturated heterocycles. The molecular formula is C25H46O4. The van der Waals surface area contributed by atoms with Crippen LogP contribution in [0.25, 0.3) is 0 Å². The average molecular weight is 411 g/mol. The predicted molar refractivity (Wildman–Crippen MR) is 120 cm³/mol. The van der Waals surface area contributed by atoms with E-state index in [4.69, 9.17) is 4.74 Å². The first-order valence-corrected chi connectivity index (χ1v) is 12.0. The molecule has 0 heterocycles. The monoisotopic (exact) mass is 410 g/mol. The molecule has 0 spiro atoms. The predicted octanol–water partition coefficient (Wildman–Crippen LogP) is 6.37. The molecule has 0 aliphatic heterocycles. The molecule has 0 amide bonds. The number of carboxylic acids is 1. The van der Waals surface area contributed by atoms with Crippen LogP contribution in [0.5, 0.6) is 0 Å². The largest absolute Gasteiger partial charge is 0.479 e. The SMILES string of the molecule is CCCCC(C)(C)CC=C[C@H]1CC[C@H](O)[C@@H]1CCCCCC(OCCC)C(=O)O. The maximum absolute atomic E-state index is 11.2. The lowest BCUT2D eigenvalue weighted by atomic mass is 9.82. The van der Waals surface area contributed by atoms with Gasteiger partial charge < -0.3 is 14.9 Å². The van der Waals surface area contributed by atoms with E-state index >= 15 is 0 Å². The van der Waals surface area contributed by atoms with Crippen LogP contribution in [0.2, 0.25) is 0 Å². The van der Waals surface area contributed by atoms with E-state index in [1.807, 2.05) is 6.92 Å². The number of unbranched alkanes of at least 4 members (excludes halogenated alkanes) is 3. The Kier molecular flexibility index (Phi) is 12.8. The van der Waals surface area contributed by atoms with Gasteiger partial charge in [-0.15, -0.1) is 0 Å². The first-order chi connectivity index (χ1) is 13.8. The Balaban J connectivity index is 2.35. The molecule has 0 aromatic carbocycles. The van der Waals surface area contributed by atoms with Crippen molar-refractivity contribution in [3.8, 4) is 0 Å². The van der Waals surface area contributed by atoms with Crippen molar-refractivity contribution in [3.05, 3.63) is 12.2 Å². The lowest BCUT2D eigenvalue weighted by molar-refractivity contribution is -0.150. The highest BCUT2D eigenvalue weighted by Gasteiger charge is 2.32. The highest BCUT2D eigenvalue weighted by molar-refractivity contribution is 5.72. The first kappa shape index (κ1) is 26.2. The molecular weight excluding hydrogens is 364 g/mol. The van der Waals surface area contributed by atoms with Crippen molar-refractivity contribution in [2.45, 2.75) is 117 Å². The Morgan fingerprint density at radius 2 is 1.90 bits per heavy atom. The minimum atomic E-state index is -0.850. The zero-order valence-corrected chi connectivity index (χ0v) is 19.4. The van der Waals surface area contributed by atoms with Crippen LogP contribution in [0, 0.1) is 17.3 Å². The molecule has 4 nitrogen and oxygen atoms in total. The van der Waals surface area contributed by atoms with E-state index < -0.39 is 12.1 Å². The second kappa shape index (κ2) is 14.2. The molecule has 29 heavy (non-hydrogen) atoms. The third-order valence-corrected chi connectivity index (χ3v) is 6.40. The van der Waals surface area contributed by atoms with Gasteiger partial charge in [0.25, 0.3) is 0 Å². The van der Waals surface area contributed by atoms with Gasteiger partial charge in [0.05, 0.1) is 6.10 Å². The molecule has 1 rings (SSSR count). The summed E-state index contributed by atoms with van der Waals surface area (Å²) < 4.78 is 5.41. The normalized spacial score (nSPS) is 23.7.